The lowest BCUT2D eigenvalue weighted by molar-refractivity contribution is 0.144. The van der Waals surface area contributed by atoms with Crippen LogP contribution in [0.1, 0.15) is 25.7 Å². The lowest BCUT2D eigenvalue weighted by atomic mass is 9.83. The van der Waals surface area contributed by atoms with E-state index < -0.39 is 0 Å². The summed E-state index contributed by atoms with van der Waals surface area (Å²) < 4.78 is 0. The molecule has 0 aromatic rings. The molecular formula is C8H15NO. The molecule has 2 rings (SSSR count). The third-order valence-corrected chi connectivity index (χ3v) is 3.17. The molecule has 3 unspecified atom stereocenters. The minimum Gasteiger partial charge on any atom is -0.394 e. The molecule has 0 amide bonds. The van der Waals surface area contributed by atoms with Gasteiger partial charge >= 0.3 is 0 Å². The molecule has 0 radical (unpaired) electrons. The molecule has 2 aliphatic rings. The molecule has 3 atom stereocenters. The number of aliphatic hydroxyl groups is 1. The van der Waals surface area contributed by atoms with E-state index in [0.717, 1.165) is 12.3 Å². The van der Waals surface area contributed by atoms with Crippen molar-refractivity contribution < 1.29 is 5.11 Å². The summed E-state index contributed by atoms with van der Waals surface area (Å²) in [4.78, 5) is 0. The topological polar surface area (TPSA) is 46.2 Å². The van der Waals surface area contributed by atoms with E-state index in [0.29, 0.717) is 5.92 Å². The highest BCUT2D eigenvalue weighted by Crippen LogP contribution is 2.53. The molecule has 0 spiro atoms. The van der Waals surface area contributed by atoms with Gasteiger partial charge in [0.1, 0.15) is 0 Å². The highest BCUT2D eigenvalue weighted by atomic mass is 16.3. The van der Waals surface area contributed by atoms with Gasteiger partial charge in [0.05, 0.1) is 6.61 Å². The molecule has 2 nitrogen and oxygen atoms in total. The number of hydrogen-bond donors (Lipinski definition) is 2. The minimum absolute atomic E-state index is 0.189. The molecule has 0 saturated heterocycles. The Morgan fingerprint density at radius 1 is 1.60 bits per heavy atom. The maximum atomic E-state index is 9.02. The van der Waals surface area contributed by atoms with Crippen LogP contribution in [-0.2, 0) is 0 Å². The Hall–Kier alpha value is -0.0800. The smallest absolute Gasteiger partial charge is 0.0614 e. The van der Waals surface area contributed by atoms with Gasteiger partial charge < -0.3 is 10.8 Å². The Kier molecular flexibility index (Phi) is 1.29. The fourth-order valence-electron chi connectivity index (χ4n) is 2.35. The summed E-state index contributed by atoms with van der Waals surface area (Å²) in [5, 5.41) is 9.02. The molecule has 2 saturated carbocycles. The summed E-state index contributed by atoms with van der Waals surface area (Å²) in [7, 11) is 0. The summed E-state index contributed by atoms with van der Waals surface area (Å²) in [5.41, 5.74) is 5.80. The summed E-state index contributed by atoms with van der Waals surface area (Å²) in [6.07, 6.45) is 4.88. The quantitative estimate of drug-likeness (QED) is 0.558. The predicted molar refractivity (Wildman–Crippen MR) is 39.5 cm³/mol. The number of nitrogens with two attached hydrogens (primary N) is 1. The summed E-state index contributed by atoms with van der Waals surface area (Å²) in [6.45, 7) is 0.189. The van der Waals surface area contributed by atoms with Crippen molar-refractivity contribution in [3.63, 3.8) is 0 Å². The van der Waals surface area contributed by atoms with Crippen molar-refractivity contribution in [3.8, 4) is 0 Å². The van der Waals surface area contributed by atoms with Crippen LogP contribution in [0.3, 0.4) is 0 Å². The van der Waals surface area contributed by atoms with Crippen LogP contribution in [-0.4, -0.2) is 17.3 Å². The molecule has 0 heterocycles. The molecule has 2 fully saturated rings. The number of hydrogen-bond acceptors (Lipinski definition) is 2. The van der Waals surface area contributed by atoms with E-state index in [1.165, 1.54) is 19.3 Å². The SMILES string of the molecule is NC1(CO)CCCC2CC21. The number of rotatable bonds is 1. The van der Waals surface area contributed by atoms with Crippen molar-refractivity contribution in [2.24, 2.45) is 17.6 Å². The van der Waals surface area contributed by atoms with Crippen molar-refractivity contribution >= 4 is 0 Å². The Morgan fingerprint density at radius 3 is 3.00 bits per heavy atom. The Labute approximate surface area is 61.4 Å². The van der Waals surface area contributed by atoms with E-state index in [1.807, 2.05) is 0 Å². The largest absolute Gasteiger partial charge is 0.394 e. The average Bonchev–Trinajstić information content (AvgIpc) is 2.68. The second-order valence-corrected chi connectivity index (χ2v) is 3.89. The first kappa shape index (κ1) is 6.62. The van der Waals surface area contributed by atoms with E-state index in [-0.39, 0.29) is 12.1 Å². The van der Waals surface area contributed by atoms with Gasteiger partial charge in [-0.3, -0.25) is 0 Å². The third-order valence-electron chi connectivity index (χ3n) is 3.17. The standard InChI is InChI=1S/C8H15NO/c9-8(5-10)3-1-2-6-4-7(6)8/h6-7,10H,1-5,9H2. The summed E-state index contributed by atoms with van der Waals surface area (Å²) >= 11 is 0. The Balaban J connectivity index is 2.07. The fraction of sp³-hybridized carbons (Fsp3) is 1.00. The van der Waals surface area contributed by atoms with Crippen LogP contribution >= 0.6 is 0 Å². The van der Waals surface area contributed by atoms with E-state index in [1.54, 1.807) is 0 Å². The van der Waals surface area contributed by atoms with Crippen LogP contribution in [0.5, 0.6) is 0 Å². The van der Waals surface area contributed by atoms with Crippen molar-refractivity contribution in [1.82, 2.24) is 0 Å². The molecule has 10 heavy (non-hydrogen) atoms. The van der Waals surface area contributed by atoms with E-state index in [9.17, 15) is 0 Å². The minimum atomic E-state index is -0.192. The first-order valence-electron chi connectivity index (χ1n) is 4.16. The van der Waals surface area contributed by atoms with Gasteiger partial charge in [0.2, 0.25) is 0 Å². The fourth-order valence-corrected chi connectivity index (χ4v) is 2.35. The van der Waals surface area contributed by atoms with Crippen LogP contribution in [0.4, 0.5) is 0 Å². The molecule has 0 aliphatic heterocycles. The van der Waals surface area contributed by atoms with Crippen LogP contribution in [0.2, 0.25) is 0 Å². The zero-order chi connectivity index (χ0) is 7.19. The molecule has 0 aromatic heterocycles. The van der Waals surface area contributed by atoms with Crippen LogP contribution in [0.15, 0.2) is 0 Å². The predicted octanol–water partition coefficient (Wildman–Crippen LogP) is 0.496. The van der Waals surface area contributed by atoms with Gasteiger partial charge in [0.25, 0.3) is 0 Å². The van der Waals surface area contributed by atoms with Crippen molar-refractivity contribution in [3.05, 3.63) is 0 Å². The molecule has 0 bridgehead atoms. The van der Waals surface area contributed by atoms with Gasteiger partial charge in [0.15, 0.2) is 0 Å². The molecule has 3 N–H and O–H groups in total. The lowest BCUT2D eigenvalue weighted by Gasteiger charge is -2.31. The van der Waals surface area contributed by atoms with Gasteiger partial charge in [0, 0.05) is 5.54 Å². The monoisotopic (exact) mass is 141 g/mol. The third kappa shape index (κ3) is 0.789. The van der Waals surface area contributed by atoms with E-state index in [4.69, 9.17) is 10.8 Å². The van der Waals surface area contributed by atoms with Gasteiger partial charge in [-0.05, 0) is 24.7 Å². The maximum Gasteiger partial charge on any atom is 0.0614 e. The second-order valence-electron chi connectivity index (χ2n) is 3.89. The van der Waals surface area contributed by atoms with E-state index in [2.05, 4.69) is 0 Å². The Morgan fingerprint density at radius 2 is 2.40 bits per heavy atom. The number of aliphatic hydroxyl groups excluding tert-OH is 1. The highest BCUT2D eigenvalue weighted by molar-refractivity contribution is 5.06. The van der Waals surface area contributed by atoms with E-state index >= 15 is 0 Å². The van der Waals surface area contributed by atoms with Gasteiger partial charge in [-0.2, -0.15) is 0 Å². The Bertz CT molecular complexity index is 148. The van der Waals surface area contributed by atoms with Crippen LogP contribution in [0, 0.1) is 11.8 Å². The molecule has 0 aromatic carbocycles. The second kappa shape index (κ2) is 1.95. The first-order valence-corrected chi connectivity index (χ1v) is 4.16. The zero-order valence-corrected chi connectivity index (χ0v) is 6.21. The molecule has 2 aliphatic carbocycles. The van der Waals surface area contributed by atoms with Crippen molar-refractivity contribution in [1.29, 1.82) is 0 Å². The van der Waals surface area contributed by atoms with Crippen LogP contribution < -0.4 is 5.73 Å². The summed E-state index contributed by atoms with van der Waals surface area (Å²) in [5.74, 6) is 1.53. The number of fused-ring (bicyclic) bond motifs is 1. The summed E-state index contributed by atoms with van der Waals surface area (Å²) in [6, 6.07) is 0. The van der Waals surface area contributed by atoms with Gasteiger partial charge in [-0.25, -0.2) is 0 Å². The van der Waals surface area contributed by atoms with Gasteiger partial charge in [-0.1, -0.05) is 12.8 Å². The first-order chi connectivity index (χ1) is 4.76. The van der Waals surface area contributed by atoms with Gasteiger partial charge in [-0.15, -0.1) is 0 Å². The molecule has 58 valence electrons. The molecule has 2 heteroatoms. The van der Waals surface area contributed by atoms with Crippen molar-refractivity contribution in [2.45, 2.75) is 31.2 Å². The lowest BCUT2D eigenvalue weighted by Crippen LogP contribution is -2.47. The van der Waals surface area contributed by atoms with Crippen LogP contribution in [0.25, 0.3) is 0 Å². The normalized spacial score (nSPS) is 52.2. The highest BCUT2D eigenvalue weighted by Gasteiger charge is 2.52. The van der Waals surface area contributed by atoms with Crippen molar-refractivity contribution in [2.75, 3.05) is 6.61 Å². The zero-order valence-electron chi connectivity index (χ0n) is 6.21. The molecular weight excluding hydrogens is 126 g/mol. The average molecular weight is 141 g/mol. The maximum absolute atomic E-state index is 9.02.